The predicted octanol–water partition coefficient (Wildman–Crippen LogP) is 3.81. The fourth-order valence-corrected chi connectivity index (χ4v) is 4.43. The van der Waals surface area contributed by atoms with Crippen LogP contribution in [-0.4, -0.2) is 51.2 Å². The number of methoxy groups -OCH3 is 1. The summed E-state index contributed by atoms with van der Waals surface area (Å²) in [4.78, 5) is 25.0. The molecule has 0 aliphatic rings. The highest BCUT2D eigenvalue weighted by Gasteiger charge is 2.23. The van der Waals surface area contributed by atoms with Gasteiger partial charge in [-0.2, -0.15) is 0 Å². The molecule has 1 heterocycles. The second-order valence-corrected chi connectivity index (χ2v) is 8.83. The van der Waals surface area contributed by atoms with Crippen LogP contribution < -0.4 is 15.4 Å². The zero-order chi connectivity index (χ0) is 24.7. The second kappa shape index (κ2) is 12.1. The first kappa shape index (κ1) is 25.8. The number of rotatable bonds is 10. The molecule has 0 saturated carbocycles. The lowest BCUT2D eigenvalue weighted by Gasteiger charge is -2.17. The maximum absolute atomic E-state index is 12.6. The average molecular weight is 524 g/mol. The number of benzene rings is 2. The second-order valence-electron chi connectivity index (χ2n) is 7.02. The normalized spacial score (nSPS) is 11.7. The molecule has 2 aromatic carbocycles. The van der Waals surface area contributed by atoms with Gasteiger partial charge in [-0.25, -0.2) is 0 Å². The minimum Gasteiger partial charge on any atom is -0.497 e. The third kappa shape index (κ3) is 6.63. The maximum atomic E-state index is 12.6. The number of thioether (sulfide) groups is 1. The number of carbonyl (C=O) groups is 2. The number of hydrogen-bond donors (Lipinski definition) is 3. The lowest BCUT2D eigenvalue weighted by atomic mass is 10.2. The Kier molecular flexibility index (Phi) is 9.17. The highest BCUT2D eigenvalue weighted by atomic mass is 35.5. The molecule has 1 unspecified atom stereocenters. The van der Waals surface area contributed by atoms with E-state index in [0.29, 0.717) is 44.6 Å². The predicted molar refractivity (Wildman–Crippen MR) is 132 cm³/mol. The number of aliphatic hydroxyl groups is 1. The third-order valence-electron chi connectivity index (χ3n) is 4.69. The SMILES string of the molecule is CCn1c(SCC(=O)Nc2cc(Cl)cc(Cl)c2)nnc1C(CO)NC(=O)c1ccc(OC)cc1. The van der Waals surface area contributed by atoms with Crippen LogP contribution in [0.3, 0.4) is 0 Å². The van der Waals surface area contributed by atoms with Gasteiger partial charge in [-0.15, -0.1) is 10.2 Å². The number of halogens is 2. The lowest BCUT2D eigenvalue weighted by molar-refractivity contribution is -0.113. The van der Waals surface area contributed by atoms with Gasteiger partial charge in [0.25, 0.3) is 5.91 Å². The number of ether oxygens (including phenoxy) is 1. The van der Waals surface area contributed by atoms with Crippen LogP contribution in [0.1, 0.15) is 29.1 Å². The van der Waals surface area contributed by atoms with Crippen LogP contribution in [-0.2, 0) is 11.3 Å². The summed E-state index contributed by atoms with van der Waals surface area (Å²) >= 11 is 13.1. The van der Waals surface area contributed by atoms with Crippen molar-refractivity contribution in [1.29, 1.82) is 0 Å². The van der Waals surface area contributed by atoms with E-state index in [1.165, 1.54) is 11.8 Å². The van der Waals surface area contributed by atoms with Gasteiger partial charge in [-0.3, -0.25) is 9.59 Å². The van der Waals surface area contributed by atoms with E-state index in [9.17, 15) is 14.7 Å². The van der Waals surface area contributed by atoms with Crippen molar-refractivity contribution in [1.82, 2.24) is 20.1 Å². The molecule has 0 bridgehead atoms. The van der Waals surface area contributed by atoms with E-state index in [4.69, 9.17) is 27.9 Å². The molecule has 3 rings (SSSR count). The Morgan fingerprint density at radius 1 is 1.15 bits per heavy atom. The summed E-state index contributed by atoms with van der Waals surface area (Å²) < 4.78 is 6.84. The number of nitrogens with zero attached hydrogens (tertiary/aromatic N) is 3. The van der Waals surface area contributed by atoms with Gasteiger partial charge in [0.1, 0.15) is 11.8 Å². The molecule has 34 heavy (non-hydrogen) atoms. The summed E-state index contributed by atoms with van der Waals surface area (Å²) in [6, 6.07) is 10.6. The van der Waals surface area contributed by atoms with Crippen LogP contribution in [0.25, 0.3) is 0 Å². The van der Waals surface area contributed by atoms with Gasteiger partial charge in [0.2, 0.25) is 5.91 Å². The van der Waals surface area contributed by atoms with Crippen molar-refractivity contribution in [3.8, 4) is 5.75 Å². The Morgan fingerprint density at radius 2 is 1.82 bits per heavy atom. The van der Waals surface area contributed by atoms with Crippen LogP contribution in [0.15, 0.2) is 47.6 Å². The quantitative estimate of drug-likeness (QED) is 0.345. The van der Waals surface area contributed by atoms with E-state index in [-0.39, 0.29) is 24.2 Å². The number of aliphatic hydroxyl groups excluding tert-OH is 1. The van der Waals surface area contributed by atoms with Crippen LogP contribution in [0.5, 0.6) is 5.75 Å². The highest BCUT2D eigenvalue weighted by molar-refractivity contribution is 7.99. The summed E-state index contributed by atoms with van der Waals surface area (Å²) in [6.07, 6.45) is 0. The largest absolute Gasteiger partial charge is 0.497 e. The van der Waals surface area contributed by atoms with E-state index < -0.39 is 6.04 Å². The number of amides is 2. The van der Waals surface area contributed by atoms with Crippen molar-refractivity contribution >= 4 is 52.5 Å². The van der Waals surface area contributed by atoms with E-state index in [2.05, 4.69) is 20.8 Å². The van der Waals surface area contributed by atoms with Gasteiger partial charge in [0.15, 0.2) is 11.0 Å². The minimum absolute atomic E-state index is 0.0598. The fraction of sp³-hybridized carbons (Fsp3) is 0.273. The van der Waals surface area contributed by atoms with E-state index in [0.717, 1.165) is 0 Å². The van der Waals surface area contributed by atoms with Gasteiger partial charge in [-0.1, -0.05) is 35.0 Å². The first-order valence-electron chi connectivity index (χ1n) is 10.2. The van der Waals surface area contributed by atoms with Crippen molar-refractivity contribution < 1.29 is 19.4 Å². The first-order chi connectivity index (χ1) is 16.3. The molecule has 0 fully saturated rings. The third-order valence-corrected chi connectivity index (χ3v) is 6.10. The molecule has 9 nitrogen and oxygen atoms in total. The molecular formula is C22H23Cl2N5O4S. The molecule has 0 aliphatic heterocycles. The Balaban J connectivity index is 1.66. The fourth-order valence-electron chi connectivity index (χ4n) is 3.09. The molecule has 0 saturated heterocycles. The summed E-state index contributed by atoms with van der Waals surface area (Å²) in [7, 11) is 1.54. The van der Waals surface area contributed by atoms with Crippen molar-refractivity contribution in [2.24, 2.45) is 0 Å². The molecule has 0 radical (unpaired) electrons. The van der Waals surface area contributed by atoms with E-state index in [1.54, 1.807) is 54.1 Å². The van der Waals surface area contributed by atoms with Crippen molar-refractivity contribution in [2.45, 2.75) is 24.7 Å². The number of carbonyl (C=O) groups excluding carboxylic acids is 2. The minimum atomic E-state index is -0.779. The summed E-state index contributed by atoms with van der Waals surface area (Å²) in [5.41, 5.74) is 0.900. The van der Waals surface area contributed by atoms with Gasteiger partial charge in [-0.05, 0) is 49.4 Å². The smallest absolute Gasteiger partial charge is 0.251 e. The maximum Gasteiger partial charge on any atom is 0.251 e. The van der Waals surface area contributed by atoms with Crippen LogP contribution in [0.4, 0.5) is 5.69 Å². The van der Waals surface area contributed by atoms with Crippen LogP contribution in [0.2, 0.25) is 10.0 Å². The van der Waals surface area contributed by atoms with Crippen LogP contribution >= 0.6 is 35.0 Å². The zero-order valence-electron chi connectivity index (χ0n) is 18.4. The topological polar surface area (TPSA) is 118 Å². The molecule has 180 valence electrons. The molecule has 0 spiro atoms. The molecule has 0 aliphatic carbocycles. The molecule has 3 aromatic rings. The summed E-state index contributed by atoms with van der Waals surface area (Å²) in [5.74, 6) is 0.425. The summed E-state index contributed by atoms with van der Waals surface area (Å²) in [5, 5.41) is 25.0. The Hall–Kier alpha value is -2.79. The van der Waals surface area contributed by atoms with Gasteiger partial charge in [0.05, 0.1) is 19.5 Å². The van der Waals surface area contributed by atoms with E-state index >= 15 is 0 Å². The van der Waals surface area contributed by atoms with Crippen LogP contribution in [0, 0.1) is 0 Å². The molecule has 1 aromatic heterocycles. The number of hydrogen-bond acceptors (Lipinski definition) is 7. The summed E-state index contributed by atoms with van der Waals surface area (Å²) in [6.45, 7) is 1.98. The molecule has 2 amide bonds. The standard InChI is InChI=1S/C22H23Cl2N5O4S/c1-3-29-20(18(11-30)26-21(32)13-4-6-17(33-2)7-5-13)27-28-22(29)34-12-19(31)25-16-9-14(23)8-15(24)10-16/h4-10,18,30H,3,11-12H2,1-2H3,(H,25,31)(H,26,32). The van der Waals surface area contributed by atoms with Crippen molar-refractivity contribution in [3.63, 3.8) is 0 Å². The molecule has 3 N–H and O–H groups in total. The molecular weight excluding hydrogens is 501 g/mol. The Labute approximate surface area is 210 Å². The van der Waals surface area contributed by atoms with Crippen molar-refractivity contribution in [3.05, 3.63) is 63.9 Å². The lowest BCUT2D eigenvalue weighted by Crippen LogP contribution is -2.32. The Bertz CT molecular complexity index is 1140. The number of nitrogens with one attached hydrogen (secondary N) is 2. The first-order valence-corrected chi connectivity index (χ1v) is 12.0. The number of aromatic nitrogens is 3. The zero-order valence-corrected chi connectivity index (χ0v) is 20.7. The molecule has 12 heteroatoms. The Morgan fingerprint density at radius 3 is 2.41 bits per heavy atom. The molecule has 1 atom stereocenters. The average Bonchev–Trinajstić information content (AvgIpc) is 3.23. The van der Waals surface area contributed by atoms with Gasteiger partial charge in [0, 0.05) is 27.8 Å². The van der Waals surface area contributed by atoms with E-state index in [1.807, 2.05) is 6.92 Å². The number of anilines is 1. The monoisotopic (exact) mass is 523 g/mol. The van der Waals surface area contributed by atoms with Gasteiger partial charge < -0.3 is 25.0 Å². The van der Waals surface area contributed by atoms with Gasteiger partial charge >= 0.3 is 0 Å². The van der Waals surface area contributed by atoms with Crippen molar-refractivity contribution in [2.75, 3.05) is 24.8 Å². The highest BCUT2D eigenvalue weighted by Crippen LogP contribution is 2.24.